The molecule has 0 radical (unpaired) electrons. The van der Waals surface area contributed by atoms with Crippen LogP contribution in [0, 0.1) is 5.82 Å². The van der Waals surface area contributed by atoms with Crippen molar-refractivity contribution in [3.8, 4) is 11.1 Å². The lowest BCUT2D eigenvalue weighted by Crippen LogP contribution is -2.28. The van der Waals surface area contributed by atoms with Gasteiger partial charge in [-0.2, -0.15) is 11.3 Å². The first-order chi connectivity index (χ1) is 11.1. The molecule has 0 aliphatic carbocycles. The number of aromatic nitrogens is 1. The number of nitrogens with one attached hydrogen (secondary N) is 2. The van der Waals surface area contributed by atoms with Gasteiger partial charge in [-0.3, -0.25) is 4.79 Å². The van der Waals surface area contributed by atoms with E-state index < -0.39 is 6.10 Å². The zero-order valence-corrected chi connectivity index (χ0v) is 12.9. The number of aliphatic hydroxyl groups excluding tert-OH is 1. The minimum atomic E-state index is -0.738. The molecule has 0 fully saturated rings. The highest BCUT2D eigenvalue weighted by atomic mass is 32.1. The van der Waals surface area contributed by atoms with Gasteiger partial charge < -0.3 is 15.4 Å². The summed E-state index contributed by atoms with van der Waals surface area (Å²) in [5, 5.41) is 16.4. The number of carbonyl (C=O) groups excluding carboxylic acids is 1. The van der Waals surface area contributed by atoms with Gasteiger partial charge in [0.2, 0.25) is 0 Å². The lowest BCUT2D eigenvalue weighted by Gasteiger charge is -2.11. The Balaban J connectivity index is 1.71. The van der Waals surface area contributed by atoms with Crippen LogP contribution in [0.4, 0.5) is 4.39 Å². The minimum absolute atomic E-state index is 0.129. The van der Waals surface area contributed by atoms with Crippen molar-refractivity contribution in [3.63, 3.8) is 0 Å². The van der Waals surface area contributed by atoms with Gasteiger partial charge in [0.1, 0.15) is 5.82 Å². The van der Waals surface area contributed by atoms with Crippen LogP contribution in [0.25, 0.3) is 11.1 Å². The maximum Gasteiger partial charge on any atom is 0.253 e. The van der Waals surface area contributed by atoms with E-state index in [2.05, 4.69) is 10.3 Å². The summed E-state index contributed by atoms with van der Waals surface area (Å²) in [5.41, 5.74) is 2.67. The molecule has 3 N–H and O–H groups in total. The molecule has 1 aromatic carbocycles. The number of thiophene rings is 1. The van der Waals surface area contributed by atoms with Crippen LogP contribution in [-0.4, -0.2) is 22.5 Å². The number of rotatable bonds is 5. The summed E-state index contributed by atoms with van der Waals surface area (Å²) in [5.74, 6) is -0.617. The van der Waals surface area contributed by atoms with Crippen molar-refractivity contribution < 1.29 is 14.3 Å². The average molecular weight is 330 g/mol. The zero-order valence-electron chi connectivity index (χ0n) is 12.1. The van der Waals surface area contributed by atoms with Crippen LogP contribution in [0.1, 0.15) is 22.0 Å². The standard InChI is InChI=1S/C17H15FN2O2S/c18-13-3-1-11(2-4-13)14-7-19-8-15(14)17(22)20-9-16(21)12-5-6-23-10-12/h1-8,10,16,19,21H,9H2,(H,20,22)/t16-/m1/s1. The number of H-pyrrole nitrogens is 1. The molecule has 118 valence electrons. The molecule has 0 saturated carbocycles. The van der Waals surface area contributed by atoms with E-state index in [9.17, 15) is 14.3 Å². The highest BCUT2D eigenvalue weighted by Crippen LogP contribution is 2.24. The maximum absolute atomic E-state index is 13.0. The molecule has 2 aromatic heterocycles. The lowest BCUT2D eigenvalue weighted by molar-refractivity contribution is 0.0917. The predicted octanol–water partition coefficient (Wildman–Crippen LogP) is 3.35. The van der Waals surface area contributed by atoms with Gasteiger partial charge in [-0.25, -0.2) is 4.39 Å². The number of aliphatic hydroxyl groups is 1. The van der Waals surface area contributed by atoms with Crippen molar-refractivity contribution in [2.45, 2.75) is 6.10 Å². The van der Waals surface area contributed by atoms with Gasteiger partial charge in [0.15, 0.2) is 0 Å². The highest BCUT2D eigenvalue weighted by Gasteiger charge is 2.16. The van der Waals surface area contributed by atoms with Gasteiger partial charge in [0.05, 0.1) is 11.7 Å². The third-order valence-corrected chi connectivity index (χ3v) is 4.23. The number of carbonyl (C=O) groups is 1. The first-order valence-electron chi connectivity index (χ1n) is 7.06. The maximum atomic E-state index is 13.0. The van der Waals surface area contributed by atoms with Crippen LogP contribution in [0.3, 0.4) is 0 Å². The summed E-state index contributed by atoms with van der Waals surface area (Å²) in [6, 6.07) is 7.77. The number of halogens is 1. The molecule has 0 aliphatic heterocycles. The Kier molecular flexibility index (Phi) is 4.55. The first-order valence-corrected chi connectivity index (χ1v) is 8.00. The second-order valence-corrected chi connectivity index (χ2v) is 5.85. The quantitative estimate of drug-likeness (QED) is 0.672. The molecule has 1 atom stereocenters. The van der Waals surface area contributed by atoms with E-state index >= 15 is 0 Å². The molecule has 6 heteroatoms. The smallest absolute Gasteiger partial charge is 0.253 e. The van der Waals surface area contributed by atoms with E-state index in [-0.39, 0.29) is 18.3 Å². The summed E-state index contributed by atoms with van der Waals surface area (Å²) < 4.78 is 13.0. The van der Waals surface area contributed by atoms with Gasteiger partial charge in [0.25, 0.3) is 5.91 Å². The summed E-state index contributed by atoms with van der Waals surface area (Å²) in [6.07, 6.45) is 2.54. The van der Waals surface area contributed by atoms with Gasteiger partial charge in [0, 0.05) is 24.5 Å². The Bertz CT molecular complexity index is 781. The molecule has 0 unspecified atom stereocenters. The molecule has 4 nitrogen and oxygen atoms in total. The fourth-order valence-corrected chi connectivity index (χ4v) is 2.99. The zero-order chi connectivity index (χ0) is 16.2. The van der Waals surface area contributed by atoms with Gasteiger partial charge in [-0.15, -0.1) is 0 Å². The first kappa shape index (κ1) is 15.5. The molecule has 0 spiro atoms. The topological polar surface area (TPSA) is 65.1 Å². The number of hydrogen-bond donors (Lipinski definition) is 3. The molecule has 0 saturated heterocycles. The van der Waals surface area contributed by atoms with Crippen molar-refractivity contribution in [3.05, 3.63) is 70.4 Å². The van der Waals surface area contributed by atoms with Crippen molar-refractivity contribution in [2.75, 3.05) is 6.54 Å². The van der Waals surface area contributed by atoms with E-state index in [1.54, 1.807) is 24.5 Å². The molecule has 1 amide bonds. The van der Waals surface area contributed by atoms with Crippen LogP contribution in [0.5, 0.6) is 0 Å². The van der Waals surface area contributed by atoms with E-state index in [1.165, 1.54) is 23.5 Å². The van der Waals surface area contributed by atoms with E-state index in [1.807, 2.05) is 16.8 Å². The van der Waals surface area contributed by atoms with Crippen molar-refractivity contribution in [1.82, 2.24) is 10.3 Å². The fraction of sp³-hybridized carbons (Fsp3) is 0.118. The molecule has 0 bridgehead atoms. The largest absolute Gasteiger partial charge is 0.387 e. The second-order valence-electron chi connectivity index (χ2n) is 5.07. The third-order valence-electron chi connectivity index (χ3n) is 3.53. The normalized spacial score (nSPS) is 12.1. The van der Waals surface area contributed by atoms with E-state index in [0.29, 0.717) is 11.1 Å². The van der Waals surface area contributed by atoms with Crippen LogP contribution in [0.2, 0.25) is 0 Å². The molecule has 23 heavy (non-hydrogen) atoms. The van der Waals surface area contributed by atoms with Gasteiger partial charge in [-0.1, -0.05) is 12.1 Å². The average Bonchev–Trinajstić information content (AvgIpc) is 3.24. The Morgan fingerprint density at radius 3 is 2.74 bits per heavy atom. The summed E-state index contributed by atoms with van der Waals surface area (Å²) in [6.45, 7) is 0.129. The molecular formula is C17H15FN2O2S. The van der Waals surface area contributed by atoms with E-state index in [0.717, 1.165) is 11.1 Å². The highest BCUT2D eigenvalue weighted by molar-refractivity contribution is 7.07. The van der Waals surface area contributed by atoms with Crippen LogP contribution in [0.15, 0.2) is 53.5 Å². The van der Waals surface area contributed by atoms with E-state index in [4.69, 9.17) is 0 Å². The lowest BCUT2D eigenvalue weighted by atomic mass is 10.0. The van der Waals surface area contributed by atoms with Crippen LogP contribution < -0.4 is 5.32 Å². The Labute approximate surface area is 136 Å². The second kappa shape index (κ2) is 6.76. The van der Waals surface area contributed by atoms with Crippen molar-refractivity contribution in [1.29, 1.82) is 0 Å². The Morgan fingerprint density at radius 1 is 1.26 bits per heavy atom. The number of aromatic amines is 1. The Hall–Kier alpha value is -2.44. The molecular weight excluding hydrogens is 315 g/mol. The fourth-order valence-electron chi connectivity index (χ4n) is 2.29. The van der Waals surface area contributed by atoms with Crippen LogP contribution >= 0.6 is 11.3 Å². The summed E-state index contributed by atoms with van der Waals surface area (Å²) in [4.78, 5) is 15.2. The van der Waals surface area contributed by atoms with Gasteiger partial charge in [-0.05, 0) is 40.1 Å². The number of hydrogen-bond acceptors (Lipinski definition) is 3. The van der Waals surface area contributed by atoms with Gasteiger partial charge >= 0.3 is 0 Å². The molecule has 0 aliphatic rings. The SMILES string of the molecule is O=C(NC[C@@H](O)c1ccsc1)c1c[nH]cc1-c1ccc(F)cc1. The Morgan fingerprint density at radius 2 is 2.04 bits per heavy atom. The monoisotopic (exact) mass is 330 g/mol. The van der Waals surface area contributed by atoms with Crippen LogP contribution in [-0.2, 0) is 0 Å². The predicted molar refractivity (Wildman–Crippen MR) is 87.8 cm³/mol. The molecule has 3 aromatic rings. The molecule has 2 heterocycles. The summed E-state index contributed by atoms with van der Waals surface area (Å²) in [7, 11) is 0. The minimum Gasteiger partial charge on any atom is -0.387 e. The summed E-state index contributed by atoms with van der Waals surface area (Å²) >= 11 is 1.49. The van der Waals surface area contributed by atoms with Crippen molar-refractivity contribution in [2.24, 2.45) is 0 Å². The number of benzene rings is 1. The van der Waals surface area contributed by atoms with Crippen molar-refractivity contribution >= 4 is 17.2 Å². The third kappa shape index (κ3) is 3.49. The number of amides is 1. The molecule has 3 rings (SSSR count).